The third kappa shape index (κ3) is 2.65. The molecule has 2 aliphatic rings. The molecule has 4 rings (SSSR count). The fraction of sp³-hybridized carbons (Fsp3) is 0.263. The molecule has 0 fully saturated rings. The van der Waals surface area contributed by atoms with Crippen LogP contribution in [0.25, 0.3) is 0 Å². The first-order valence-electron chi connectivity index (χ1n) is 8.26. The molecular weight excluding hydrogens is 340 g/mol. The number of carbonyl (C=O) groups is 2. The van der Waals surface area contributed by atoms with Gasteiger partial charge in [0.05, 0.1) is 6.61 Å². The van der Waals surface area contributed by atoms with Crippen LogP contribution < -0.4 is 15.0 Å². The van der Waals surface area contributed by atoms with E-state index in [-0.39, 0.29) is 11.8 Å². The Morgan fingerprint density at radius 3 is 2.80 bits per heavy atom. The van der Waals surface area contributed by atoms with Crippen LogP contribution in [0.2, 0.25) is 5.02 Å². The molecule has 1 unspecified atom stereocenters. The van der Waals surface area contributed by atoms with E-state index in [1.54, 1.807) is 29.2 Å². The van der Waals surface area contributed by atoms with E-state index in [1.807, 2.05) is 19.1 Å². The van der Waals surface area contributed by atoms with Crippen LogP contribution in [0.1, 0.15) is 24.0 Å². The molecule has 128 valence electrons. The van der Waals surface area contributed by atoms with E-state index in [0.29, 0.717) is 29.4 Å². The zero-order valence-electron chi connectivity index (χ0n) is 13.7. The van der Waals surface area contributed by atoms with Gasteiger partial charge in [0, 0.05) is 34.9 Å². The van der Waals surface area contributed by atoms with Crippen molar-refractivity contribution in [2.24, 2.45) is 0 Å². The first kappa shape index (κ1) is 16.0. The molecular formula is C19H17ClN2O3. The van der Waals surface area contributed by atoms with Crippen molar-refractivity contribution in [1.29, 1.82) is 0 Å². The van der Waals surface area contributed by atoms with Crippen LogP contribution in [-0.4, -0.2) is 25.0 Å². The lowest BCUT2D eigenvalue weighted by atomic mass is 9.97. The molecule has 1 atom stereocenters. The topological polar surface area (TPSA) is 58.6 Å². The van der Waals surface area contributed by atoms with Crippen molar-refractivity contribution < 1.29 is 14.3 Å². The van der Waals surface area contributed by atoms with Crippen LogP contribution in [0.15, 0.2) is 36.4 Å². The van der Waals surface area contributed by atoms with Crippen molar-refractivity contribution in [2.45, 2.75) is 19.3 Å². The van der Waals surface area contributed by atoms with Crippen molar-refractivity contribution in [2.75, 3.05) is 23.4 Å². The molecule has 1 N–H and O–H groups in total. The van der Waals surface area contributed by atoms with E-state index in [4.69, 9.17) is 16.3 Å². The first-order valence-corrected chi connectivity index (χ1v) is 8.63. The molecule has 6 heteroatoms. The third-order valence-electron chi connectivity index (χ3n) is 4.64. The molecule has 0 bridgehead atoms. The van der Waals surface area contributed by atoms with Crippen molar-refractivity contribution >= 4 is 34.8 Å². The number of nitrogens with zero attached hydrogens (tertiary/aromatic N) is 1. The highest BCUT2D eigenvalue weighted by atomic mass is 35.5. The minimum atomic E-state index is -0.861. The van der Waals surface area contributed by atoms with Crippen LogP contribution in [0.5, 0.6) is 5.75 Å². The Hall–Kier alpha value is -2.53. The predicted octanol–water partition coefficient (Wildman–Crippen LogP) is 3.36. The van der Waals surface area contributed by atoms with E-state index in [9.17, 15) is 9.59 Å². The molecule has 0 saturated heterocycles. The molecule has 25 heavy (non-hydrogen) atoms. The highest BCUT2D eigenvalue weighted by Gasteiger charge is 2.42. The van der Waals surface area contributed by atoms with Gasteiger partial charge in [-0.05, 0) is 48.9 Å². The van der Waals surface area contributed by atoms with Gasteiger partial charge in [0.15, 0.2) is 0 Å². The fourth-order valence-electron chi connectivity index (χ4n) is 3.43. The van der Waals surface area contributed by atoms with Crippen LogP contribution in [0.3, 0.4) is 0 Å². The summed E-state index contributed by atoms with van der Waals surface area (Å²) in [7, 11) is 0. The van der Waals surface area contributed by atoms with Crippen LogP contribution in [-0.2, 0) is 16.0 Å². The van der Waals surface area contributed by atoms with Gasteiger partial charge in [-0.2, -0.15) is 0 Å². The van der Waals surface area contributed by atoms with Crippen LogP contribution in [0, 0.1) is 0 Å². The minimum absolute atomic E-state index is 0.201. The second kappa shape index (κ2) is 6.08. The Bertz CT molecular complexity index is 864. The van der Waals surface area contributed by atoms with Crippen molar-refractivity contribution in [3.63, 3.8) is 0 Å². The third-order valence-corrected chi connectivity index (χ3v) is 4.90. The summed E-state index contributed by atoms with van der Waals surface area (Å²) in [5, 5.41) is 3.40. The fourth-order valence-corrected chi connectivity index (χ4v) is 3.55. The van der Waals surface area contributed by atoms with Crippen LogP contribution >= 0.6 is 11.6 Å². The normalized spacial score (nSPS) is 17.9. The zero-order valence-corrected chi connectivity index (χ0v) is 14.5. The number of nitrogens with one attached hydrogen (secondary N) is 1. The van der Waals surface area contributed by atoms with Gasteiger partial charge in [0.1, 0.15) is 11.7 Å². The highest BCUT2D eigenvalue weighted by Crippen LogP contribution is 2.43. The van der Waals surface area contributed by atoms with E-state index >= 15 is 0 Å². The summed E-state index contributed by atoms with van der Waals surface area (Å²) < 4.78 is 5.61. The maximum Gasteiger partial charge on any atom is 0.244 e. The van der Waals surface area contributed by atoms with Gasteiger partial charge in [0.2, 0.25) is 11.8 Å². The number of rotatable bonds is 3. The van der Waals surface area contributed by atoms with Crippen molar-refractivity contribution in [3.8, 4) is 5.75 Å². The molecule has 2 aromatic rings. The summed E-state index contributed by atoms with van der Waals surface area (Å²) in [5.74, 6) is -0.635. The number of ether oxygens (including phenoxy) is 1. The summed E-state index contributed by atoms with van der Waals surface area (Å²) >= 11 is 5.87. The molecule has 0 aliphatic carbocycles. The standard InChI is InChI=1S/C19H17ClN2O3/c1-2-22-15-9-11-7-8-25-16(11)10-14(15)17(19(22)24)18(23)21-13-5-3-12(20)4-6-13/h3-6,9-10,17H,2,7-8H2,1H3,(H,21,23). The number of halogens is 1. The number of amides is 2. The number of hydrogen-bond acceptors (Lipinski definition) is 3. The molecule has 0 spiro atoms. The average Bonchev–Trinajstić information content (AvgIpc) is 3.15. The molecule has 2 amide bonds. The van der Waals surface area contributed by atoms with Gasteiger partial charge in [-0.3, -0.25) is 9.59 Å². The molecule has 2 heterocycles. The Balaban J connectivity index is 1.69. The summed E-state index contributed by atoms with van der Waals surface area (Å²) in [6.45, 7) is 3.07. The molecule has 2 aliphatic heterocycles. The predicted molar refractivity (Wildman–Crippen MR) is 96.5 cm³/mol. The number of benzene rings is 2. The largest absolute Gasteiger partial charge is 0.493 e. The SMILES string of the molecule is CCN1C(=O)C(C(=O)Nc2ccc(Cl)cc2)c2cc3c(cc21)CCO3. The molecule has 0 aromatic heterocycles. The Kier molecular flexibility index (Phi) is 3.88. The molecule has 0 saturated carbocycles. The second-order valence-electron chi connectivity index (χ2n) is 6.13. The van der Waals surface area contributed by atoms with E-state index < -0.39 is 5.92 Å². The smallest absolute Gasteiger partial charge is 0.244 e. The number of carbonyl (C=O) groups excluding carboxylic acids is 2. The number of likely N-dealkylation sites (N-methyl/N-ethyl adjacent to an activating group) is 1. The lowest BCUT2D eigenvalue weighted by molar-refractivity contribution is -0.126. The molecule has 0 radical (unpaired) electrons. The molecule has 5 nitrogen and oxygen atoms in total. The summed E-state index contributed by atoms with van der Waals surface area (Å²) in [5.41, 5.74) is 3.21. The summed E-state index contributed by atoms with van der Waals surface area (Å²) in [6.07, 6.45) is 0.829. The van der Waals surface area contributed by atoms with Gasteiger partial charge in [-0.25, -0.2) is 0 Å². The quantitative estimate of drug-likeness (QED) is 0.858. The number of anilines is 2. The average molecular weight is 357 g/mol. The van der Waals surface area contributed by atoms with Crippen LogP contribution in [0.4, 0.5) is 11.4 Å². The zero-order chi connectivity index (χ0) is 17.6. The van der Waals surface area contributed by atoms with Gasteiger partial charge < -0.3 is 15.0 Å². The summed E-state index contributed by atoms with van der Waals surface area (Å²) in [6, 6.07) is 10.6. The molecule has 2 aromatic carbocycles. The Labute approximate surface area is 150 Å². The van der Waals surface area contributed by atoms with Gasteiger partial charge in [-0.15, -0.1) is 0 Å². The van der Waals surface area contributed by atoms with Gasteiger partial charge >= 0.3 is 0 Å². The minimum Gasteiger partial charge on any atom is -0.493 e. The first-order chi connectivity index (χ1) is 12.1. The van der Waals surface area contributed by atoms with Crippen molar-refractivity contribution in [3.05, 3.63) is 52.5 Å². The summed E-state index contributed by atoms with van der Waals surface area (Å²) in [4.78, 5) is 27.3. The monoisotopic (exact) mass is 356 g/mol. The number of hydrogen-bond donors (Lipinski definition) is 1. The maximum atomic E-state index is 12.8. The number of fused-ring (bicyclic) bond motifs is 2. The van der Waals surface area contributed by atoms with E-state index in [0.717, 1.165) is 23.4 Å². The lowest BCUT2D eigenvalue weighted by Gasteiger charge is -2.15. The lowest BCUT2D eigenvalue weighted by Crippen LogP contribution is -2.33. The highest BCUT2D eigenvalue weighted by molar-refractivity contribution is 6.30. The van der Waals surface area contributed by atoms with E-state index in [2.05, 4.69) is 5.32 Å². The van der Waals surface area contributed by atoms with Gasteiger partial charge in [0.25, 0.3) is 0 Å². The Morgan fingerprint density at radius 1 is 1.32 bits per heavy atom. The van der Waals surface area contributed by atoms with E-state index in [1.165, 1.54) is 0 Å². The second-order valence-corrected chi connectivity index (χ2v) is 6.57. The van der Waals surface area contributed by atoms with Crippen molar-refractivity contribution in [1.82, 2.24) is 0 Å². The van der Waals surface area contributed by atoms with Gasteiger partial charge in [-0.1, -0.05) is 11.6 Å². The Morgan fingerprint density at radius 2 is 2.08 bits per heavy atom. The maximum absolute atomic E-state index is 12.8.